The van der Waals surface area contributed by atoms with E-state index in [0.29, 0.717) is 12.3 Å². The first-order valence-corrected chi connectivity index (χ1v) is 8.86. The van der Waals surface area contributed by atoms with Crippen molar-refractivity contribution < 1.29 is 9.53 Å². The fourth-order valence-corrected chi connectivity index (χ4v) is 2.95. The van der Waals surface area contributed by atoms with Gasteiger partial charge in [0.15, 0.2) is 0 Å². The Balaban J connectivity index is 1.62. The summed E-state index contributed by atoms with van der Waals surface area (Å²) < 4.78 is 5.13. The summed E-state index contributed by atoms with van der Waals surface area (Å²) in [6.45, 7) is 2.74. The van der Waals surface area contributed by atoms with Crippen molar-refractivity contribution in [3.8, 4) is 5.75 Å². The van der Waals surface area contributed by atoms with Crippen molar-refractivity contribution in [3.05, 3.63) is 65.2 Å². The van der Waals surface area contributed by atoms with Gasteiger partial charge in [0.25, 0.3) is 0 Å². The molecule has 0 aromatic heterocycles. The molecule has 3 nitrogen and oxygen atoms in total. The summed E-state index contributed by atoms with van der Waals surface area (Å²) in [5.74, 6) is 2.31. The third-order valence-corrected chi connectivity index (χ3v) is 4.52. The number of carbonyl (C=O) groups is 1. The number of carbonyl (C=O) groups excluding carboxylic acids is 1. The average Bonchev–Trinajstić information content (AvgIpc) is 2.57. The zero-order valence-electron chi connectivity index (χ0n) is 13.7. The third kappa shape index (κ3) is 6.37. The largest absolute Gasteiger partial charge is 0.497 e. The van der Waals surface area contributed by atoms with Gasteiger partial charge in [0.2, 0.25) is 5.91 Å². The number of aryl methyl sites for hydroxylation is 1. The van der Waals surface area contributed by atoms with Gasteiger partial charge < -0.3 is 10.1 Å². The fraction of sp³-hybridized carbons (Fsp3) is 0.316. The molecule has 0 fully saturated rings. The first-order chi connectivity index (χ1) is 11.2. The molecule has 2 rings (SSSR count). The number of methoxy groups -OCH3 is 1. The van der Waals surface area contributed by atoms with E-state index in [1.54, 1.807) is 18.9 Å². The average molecular weight is 329 g/mol. The number of amides is 1. The van der Waals surface area contributed by atoms with Crippen LogP contribution in [0.5, 0.6) is 5.75 Å². The van der Waals surface area contributed by atoms with Gasteiger partial charge in [-0.15, -0.1) is 11.8 Å². The van der Waals surface area contributed by atoms with E-state index in [2.05, 4.69) is 36.5 Å². The smallest absolute Gasteiger partial charge is 0.230 e. The number of hydrogen-bond acceptors (Lipinski definition) is 3. The highest BCUT2D eigenvalue weighted by molar-refractivity contribution is 7.99. The summed E-state index contributed by atoms with van der Waals surface area (Å²) in [6, 6.07) is 16.4. The predicted octanol–water partition coefficient (Wildman–Crippen LogP) is 3.60. The summed E-state index contributed by atoms with van der Waals surface area (Å²) >= 11 is 1.64. The van der Waals surface area contributed by atoms with E-state index in [1.165, 1.54) is 16.7 Å². The Morgan fingerprint density at radius 2 is 1.70 bits per heavy atom. The number of hydrogen-bond donors (Lipinski definition) is 1. The quantitative estimate of drug-likeness (QED) is 0.804. The number of thioether (sulfide) groups is 1. The molecule has 0 atom stereocenters. The molecule has 0 saturated carbocycles. The van der Waals surface area contributed by atoms with Crippen LogP contribution in [-0.4, -0.2) is 25.3 Å². The molecule has 0 heterocycles. The minimum Gasteiger partial charge on any atom is -0.497 e. The van der Waals surface area contributed by atoms with Crippen LogP contribution in [-0.2, 0) is 17.0 Å². The zero-order valence-corrected chi connectivity index (χ0v) is 14.5. The van der Waals surface area contributed by atoms with Crippen LogP contribution in [0.15, 0.2) is 48.5 Å². The topological polar surface area (TPSA) is 38.3 Å². The van der Waals surface area contributed by atoms with Gasteiger partial charge in [-0.2, -0.15) is 0 Å². The lowest BCUT2D eigenvalue weighted by molar-refractivity contribution is -0.118. The van der Waals surface area contributed by atoms with Crippen LogP contribution >= 0.6 is 11.8 Å². The SMILES string of the molecule is COc1ccc(CCNC(=O)CSCc2ccc(C)cc2)cc1. The maximum Gasteiger partial charge on any atom is 0.230 e. The number of benzene rings is 2. The van der Waals surface area contributed by atoms with Crippen LogP contribution in [0.4, 0.5) is 0 Å². The molecule has 122 valence electrons. The van der Waals surface area contributed by atoms with Crippen LogP contribution in [0.2, 0.25) is 0 Å². The standard InChI is InChI=1S/C19H23NO2S/c1-15-3-5-17(6-4-15)13-23-14-19(21)20-12-11-16-7-9-18(22-2)10-8-16/h3-10H,11-14H2,1-2H3,(H,20,21). The van der Waals surface area contributed by atoms with Crippen molar-refractivity contribution in [2.45, 2.75) is 19.1 Å². The molecule has 0 bridgehead atoms. The molecule has 1 N–H and O–H groups in total. The second-order valence-corrected chi connectivity index (χ2v) is 6.41. The Bertz CT molecular complexity index is 608. The monoisotopic (exact) mass is 329 g/mol. The normalized spacial score (nSPS) is 10.3. The van der Waals surface area contributed by atoms with E-state index in [-0.39, 0.29) is 5.91 Å². The molecular weight excluding hydrogens is 306 g/mol. The molecule has 0 saturated heterocycles. The Hall–Kier alpha value is -1.94. The molecule has 0 aliphatic carbocycles. The molecule has 0 aliphatic heterocycles. The van der Waals surface area contributed by atoms with Crippen molar-refractivity contribution in [1.29, 1.82) is 0 Å². The van der Waals surface area contributed by atoms with Gasteiger partial charge >= 0.3 is 0 Å². The highest BCUT2D eigenvalue weighted by Crippen LogP contribution is 2.13. The second-order valence-electron chi connectivity index (χ2n) is 5.43. The molecule has 2 aromatic rings. The highest BCUT2D eigenvalue weighted by Gasteiger charge is 2.02. The molecule has 0 aliphatic rings. The van der Waals surface area contributed by atoms with Crippen molar-refractivity contribution >= 4 is 17.7 Å². The molecule has 2 aromatic carbocycles. The summed E-state index contributed by atoms with van der Waals surface area (Å²) in [5.41, 5.74) is 3.71. The minimum atomic E-state index is 0.0932. The molecule has 1 amide bonds. The van der Waals surface area contributed by atoms with E-state index in [0.717, 1.165) is 17.9 Å². The number of nitrogens with one attached hydrogen (secondary N) is 1. The van der Waals surface area contributed by atoms with Crippen LogP contribution in [0.1, 0.15) is 16.7 Å². The van der Waals surface area contributed by atoms with E-state index in [1.807, 2.05) is 24.3 Å². The van der Waals surface area contributed by atoms with Crippen LogP contribution in [0.3, 0.4) is 0 Å². The zero-order chi connectivity index (χ0) is 16.5. The lowest BCUT2D eigenvalue weighted by atomic mass is 10.1. The summed E-state index contributed by atoms with van der Waals surface area (Å²) in [7, 11) is 1.66. The van der Waals surface area contributed by atoms with Gasteiger partial charge in [-0.05, 0) is 36.6 Å². The lowest BCUT2D eigenvalue weighted by Gasteiger charge is -2.06. The third-order valence-electron chi connectivity index (χ3n) is 3.52. The Morgan fingerprint density at radius 1 is 1.04 bits per heavy atom. The second kappa shape index (κ2) is 9.26. The fourth-order valence-electron chi connectivity index (χ4n) is 2.14. The van der Waals surface area contributed by atoms with Crippen LogP contribution in [0.25, 0.3) is 0 Å². The van der Waals surface area contributed by atoms with Gasteiger partial charge in [-0.1, -0.05) is 42.0 Å². The Labute approximate surface area is 142 Å². The van der Waals surface area contributed by atoms with Gasteiger partial charge in [-0.3, -0.25) is 4.79 Å². The Morgan fingerprint density at radius 3 is 2.35 bits per heavy atom. The first-order valence-electron chi connectivity index (χ1n) is 7.70. The van der Waals surface area contributed by atoms with Crippen molar-refractivity contribution in [2.75, 3.05) is 19.4 Å². The molecule has 4 heteroatoms. The van der Waals surface area contributed by atoms with Crippen molar-refractivity contribution in [3.63, 3.8) is 0 Å². The van der Waals surface area contributed by atoms with E-state index in [9.17, 15) is 4.79 Å². The van der Waals surface area contributed by atoms with Gasteiger partial charge in [0, 0.05) is 12.3 Å². The van der Waals surface area contributed by atoms with E-state index in [4.69, 9.17) is 4.74 Å². The maximum atomic E-state index is 11.8. The molecule has 0 spiro atoms. The van der Waals surface area contributed by atoms with Crippen LogP contribution in [0, 0.1) is 6.92 Å². The summed E-state index contributed by atoms with van der Waals surface area (Å²) in [4.78, 5) is 11.8. The minimum absolute atomic E-state index is 0.0932. The van der Waals surface area contributed by atoms with E-state index < -0.39 is 0 Å². The number of ether oxygens (including phenoxy) is 1. The van der Waals surface area contributed by atoms with Gasteiger partial charge in [0.05, 0.1) is 12.9 Å². The molecule has 23 heavy (non-hydrogen) atoms. The van der Waals surface area contributed by atoms with Gasteiger partial charge in [-0.25, -0.2) is 0 Å². The predicted molar refractivity (Wildman–Crippen MR) is 97.0 cm³/mol. The summed E-state index contributed by atoms with van der Waals surface area (Å²) in [6.07, 6.45) is 0.832. The molecular formula is C19H23NO2S. The van der Waals surface area contributed by atoms with Crippen molar-refractivity contribution in [2.24, 2.45) is 0 Å². The van der Waals surface area contributed by atoms with Crippen molar-refractivity contribution in [1.82, 2.24) is 5.32 Å². The van der Waals surface area contributed by atoms with Gasteiger partial charge in [0.1, 0.15) is 5.75 Å². The molecule has 0 unspecified atom stereocenters. The maximum absolute atomic E-state index is 11.8. The van der Waals surface area contributed by atoms with Crippen LogP contribution < -0.4 is 10.1 Å². The number of rotatable bonds is 8. The molecule has 0 radical (unpaired) electrons. The highest BCUT2D eigenvalue weighted by atomic mass is 32.2. The Kier molecular flexibility index (Phi) is 7.01. The lowest BCUT2D eigenvalue weighted by Crippen LogP contribution is -2.27. The summed E-state index contributed by atoms with van der Waals surface area (Å²) in [5, 5.41) is 2.96. The van der Waals surface area contributed by atoms with E-state index >= 15 is 0 Å². The first kappa shape index (κ1) is 17.4.